The minimum absolute atomic E-state index is 0.143. The molecule has 1 aromatic carbocycles. The van der Waals surface area contributed by atoms with Gasteiger partial charge in [0.15, 0.2) is 0 Å². The van der Waals surface area contributed by atoms with E-state index in [9.17, 15) is 15.2 Å². The van der Waals surface area contributed by atoms with Gasteiger partial charge in [0.05, 0.1) is 11.1 Å². The number of hydrogen-bond donors (Lipinski definition) is 1. The second-order valence-corrected chi connectivity index (χ2v) is 4.89. The Morgan fingerprint density at radius 1 is 1.56 bits per heavy atom. The molecule has 1 amide bonds. The lowest BCUT2D eigenvalue weighted by molar-refractivity contribution is -0.118. The number of rotatable bonds is 1. The molecule has 0 spiro atoms. The SMILES string of the molecule is CSC1=NC(=O)CC(c2cccc(O)c2)C1C#N. The van der Waals surface area contributed by atoms with E-state index in [-0.39, 0.29) is 24.0 Å². The number of nitrogens with zero attached hydrogens (tertiary/aromatic N) is 2. The largest absolute Gasteiger partial charge is 0.508 e. The Morgan fingerprint density at radius 2 is 2.33 bits per heavy atom. The van der Waals surface area contributed by atoms with Gasteiger partial charge in [-0.25, -0.2) is 4.99 Å². The molecule has 4 nitrogen and oxygen atoms in total. The van der Waals surface area contributed by atoms with Gasteiger partial charge in [-0.05, 0) is 24.0 Å². The van der Waals surface area contributed by atoms with Crippen molar-refractivity contribution in [1.29, 1.82) is 5.26 Å². The zero-order valence-corrected chi connectivity index (χ0v) is 10.6. The Morgan fingerprint density at radius 3 is 2.94 bits per heavy atom. The van der Waals surface area contributed by atoms with E-state index in [4.69, 9.17) is 0 Å². The fourth-order valence-electron chi connectivity index (χ4n) is 2.10. The third-order valence-corrected chi connectivity index (χ3v) is 3.71. The lowest BCUT2D eigenvalue weighted by Gasteiger charge is -2.25. The smallest absolute Gasteiger partial charge is 0.247 e. The first-order valence-corrected chi connectivity index (χ1v) is 6.72. The molecular formula is C13H12N2O2S. The molecule has 0 saturated heterocycles. The standard InChI is InChI=1S/C13H12N2O2S/c1-18-13-11(7-14)10(6-12(17)15-13)8-3-2-4-9(16)5-8/h2-5,10-11,16H,6H2,1H3. The number of aliphatic imine (C=N–C) groups is 1. The number of carbonyl (C=O) groups is 1. The number of nitriles is 1. The number of thioether (sulfide) groups is 1. The molecule has 0 fully saturated rings. The molecule has 0 aliphatic carbocycles. The van der Waals surface area contributed by atoms with Crippen molar-refractivity contribution in [2.45, 2.75) is 12.3 Å². The lowest BCUT2D eigenvalue weighted by Crippen LogP contribution is -2.26. The highest BCUT2D eigenvalue weighted by molar-refractivity contribution is 8.13. The van der Waals surface area contributed by atoms with Gasteiger partial charge in [0.1, 0.15) is 11.7 Å². The third-order valence-electron chi connectivity index (χ3n) is 2.94. The summed E-state index contributed by atoms with van der Waals surface area (Å²) in [6.07, 6.45) is 2.02. The van der Waals surface area contributed by atoms with Gasteiger partial charge in [-0.1, -0.05) is 12.1 Å². The summed E-state index contributed by atoms with van der Waals surface area (Å²) in [6, 6.07) is 8.92. The van der Waals surface area contributed by atoms with Gasteiger partial charge in [-0.15, -0.1) is 11.8 Å². The molecule has 0 radical (unpaired) electrons. The number of carbonyl (C=O) groups excluding carboxylic acids is 1. The summed E-state index contributed by atoms with van der Waals surface area (Å²) >= 11 is 1.33. The quantitative estimate of drug-likeness (QED) is 0.840. The predicted molar refractivity (Wildman–Crippen MR) is 70.5 cm³/mol. The Balaban J connectivity index is 2.41. The molecule has 1 aliphatic heterocycles. The summed E-state index contributed by atoms with van der Waals surface area (Å²) in [4.78, 5) is 15.5. The van der Waals surface area contributed by atoms with Crippen LogP contribution in [0.25, 0.3) is 0 Å². The molecule has 18 heavy (non-hydrogen) atoms. The molecule has 1 N–H and O–H groups in total. The number of hydrogen-bond acceptors (Lipinski definition) is 4. The zero-order valence-electron chi connectivity index (χ0n) is 9.83. The van der Waals surface area contributed by atoms with Crippen molar-refractivity contribution in [3.8, 4) is 11.8 Å². The van der Waals surface area contributed by atoms with Crippen molar-refractivity contribution in [2.24, 2.45) is 10.9 Å². The van der Waals surface area contributed by atoms with E-state index < -0.39 is 5.92 Å². The van der Waals surface area contributed by atoms with Crippen LogP contribution in [-0.2, 0) is 4.79 Å². The average Bonchev–Trinajstić information content (AvgIpc) is 2.37. The Bertz CT molecular complexity index is 548. The van der Waals surface area contributed by atoms with Crippen molar-refractivity contribution in [1.82, 2.24) is 0 Å². The summed E-state index contributed by atoms with van der Waals surface area (Å²) in [7, 11) is 0. The summed E-state index contributed by atoms with van der Waals surface area (Å²) in [5.41, 5.74) is 0.802. The first-order chi connectivity index (χ1) is 8.65. The van der Waals surface area contributed by atoms with Crippen LogP contribution in [0.4, 0.5) is 0 Å². The normalized spacial score (nSPS) is 23.3. The van der Waals surface area contributed by atoms with E-state index >= 15 is 0 Å². The molecule has 2 unspecified atom stereocenters. The maximum absolute atomic E-state index is 11.6. The van der Waals surface area contributed by atoms with Gasteiger partial charge in [0, 0.05) is 12.3 Å². The van der Waals surface area contributed by atoms with Crippen LogP contribution in [0.2, 0.25) is 0 Å². The Hall–Kier alpha value is -1.80. The molecule has 2 atom stereocenters. The van der Waals surface area contributed by atoms with Crippen LogP contribution in [0.1, 0.15) is 17.9 Å². The lowest BCUT2D eigenvalue weighted by atomic mass is 9.83. The molecule has 0 bridgehead atoms. The first kappa shape index (κ1) is 12.7. The molecule has 1 aliphatic rings. The van der Waals surface area contributed by atoms with Crippen LogP contribution in [0.3, 0.4) is 0 Å². The second-order valence-electron chi connectivity index (χ2n) is 4.06. The van der Waals surface area contributed by atoms with Crippen LogP contribution in [0, 0.1) is 17.2 Å². The van der Waals surface area contributed by atoms with Gasteiger partial charge in [-0.2, -0.15) is 5.26 Å². The molecular weight excluding hydrogens is 248 g/mol. The van der Waals surface area contributed by atoms with Gasteiger partial charge in [0.2, 0.25) is 5.91 Å². The maximum atomic E-state index is 11.6. The number of aromatic hydroxyl groups is 1. The summed E-state index contributed by atoms with van der Waals surface area (Å²) in [6.45, 7) is 0. The second kappa shape index (κ2) is 5.23. The molecule has 0 aromatic heterocycles. The van der Waals surface area contributed by atoms with Crippen LogP contribution in [0.15, 0.2) is 29.3 Å². The number of phenolic OH excluding ortho intramolecular Hbond substituents is 1. The third kappa shape index (κ3) is 2.39. The minimum Gasteiger partial charge on any atom is -0.508 e. The molecule has 5 heteroatoms. The van der Waals surface area contributed by atoms with Crippen molar-refractivity contribution in [3.05, 3.63) is 29.8 Å². The van der Waals surface area contributed by atoms with E-state index in [1.807, 2.05) is 6.07 Å². The summed E-state index contributed by atoms with van der Waals surface area (Å²) < 4.78 is 0. The van der Waals surface area contributed by atoms with Gasteiger partial charge >= 0.3 is 0 Å². The van der Waals surface area contributed by atoms with Crippen molar-refractivity contribution in [2.75, 3.05) is 6.26 Å². The van der Waals surface area contributed by atoms with E-state index in [1.165, 1.54) is 11.8 Å². The number of phenols is 1. The highest BCUT2D eigenvalue weighted by atomic mass is 32.2. The van der Waals surface area contributed by atoms with E-state index in [2.05, 4.69) is 11.1 Å². The maximum Gasteiger partial charge on any atom is 0.247 e. The molecule has 92 valence electrons. The first-order valence-electron chi connectivity index (χ1n) is 5.49. The van der Waals surface area contributed by atoms with E-state index in [0.717, 1.165) is 5.56 Å². The molecule has 1 heterocycles. The Kier molecular flexibility index (Phi) is 3.68. The van der Waals surface area contributed by atoms with Crippen LogP contribution < -0.4 is 0 Å². The number of benzene rings is 1. The van der Waals surface area contributed by atoms with Crippen LogP contribution in [0.5, 0.6) is 5.75 Å². The summed E-state index contributed by atoms with van der Waals surface area (Å²) in [5, 5.41) is 19.3. The Labute approximate surface area is 109 Å². The van der Waals surface area contributed by atoms with Gasteiger partial charge in [-0.3, -0.25) is 4.79 Å². The zero-order chi connectivity index (χ0) is 13.1. The van der Waals surface area contributed by atoms with Crippen molar-refractivity contribution in [3.63, 3.8) is 0 Å². The molecule has 1 aromatic rings. The fourth-order valence-corrected chi connectivity index (χ4v) is 2.76. The topological polar surface area (TPSA) is 73.4 Å². The predicted octanol–water partition coefficient (Wildman–Crippen LogP) is 2.31. The monoisotopic (exact) mass is 260 g/mol. The highest BCUT2D eigenvalue weighted by Gasteiger charge is 2.33. The number of amides is 1. The van der Waals surface area contributed by atoms with Crippen LogP contribution in [-0.4, -0.2) is 22.3 Å². The fraction of sp³-hybridized carbons (Fsp3) is 0.308. The van der Waals surface area contributed by atoms with E-state index in [1.54, 1.807) is 24.5 Å². The summed E-state index contributed by atoms with van der Waals surface area (Å²) in [5.74, 6) is -0.710. The van der Waals surface area contributed by atoms with Crippen molar-refractivity contribution >= 4 is 22.7 Å². The van der Waals surface area contributed by atoms with E-state index in [0.29, 0.717) is 5.04 Å². The van der Waals surface area contributed by atoms with Crippen LogP contribution >= 0.6 is 11.8 Å². The molecule has 0 saturated carbocycles. The van der Waals surface area contributed by atoms with Crippen molar-refractivity contribution < 1.29 is 9.90 Å². The molecule has 2 rings (SSSR count). The average molecular weight is 260 g/mol. The van der Waals surface area contributed by atoms with Gasteiger partial charge < -0.3 is 5.11 Å². The minimum atomic E-state index is -0.417. The van der Waals surface area contributed by atoms with Gasteiger partial charge in [0.25, 0.3) is 0 Å². The highest BCUT2D eigenvalue weighted by Crippen LogP contribution is 2.36.